The number of nitrogens with zero attached hydrogens (tertiary/aromatic N) is 4. The largest absolute Gasteiger partial charge is 0.465 e. The van der Waals surface area contributed by atoms with Crippen LogP contribution in [0, 0.1) is 6.92 Å². The average Bonchev–Trinajstić information content (AvgIpc) is 3.60. The number of rotatable bonds is 7. The van der Waals surface area contributed by atoms with Crippen molar-refractivity contribution in [2.75, 3.05) is 32.8 Å². The highest BCUT2D eigenvalue weighted by Gasteiger charge is 2.27. The van der Waals surface area contributed by atoms with Crippen molar-refractivity contribution in [2.45, 2.75) is 32.9 Å². The van der Waals surface area contributed by atoms with Crippen molar-refractivity contribution < 1.29 is 18.4 Å². The molecule has 1 N–H and O–H groups in total. The summed E-state index contributed by atoms with van der Waals surface area (Å²) in [6.07, 6.45) is 3.30. The first-order valence-electron chi connectivity index (χ1n) is 11.6. The fourth-order valence-corrected chi connectivity index (χ4v) is 4.35. The molecule has 1 unspecified atom stereocenters. The summed E-state index contributed by atoms with van der Waals surface area (Å²) in [5.41, 5.74) is 1.76. The molecule has 0 saturated carbocycles. The fourth-order valence-electron chi connectivity index (χ4n) is 4.35. The number of fused-ring (bicyclic) bond motifs is 1. The maximum Gasteiger partial charge on any atom is 0.252 e. The molecular formula is C25H29N5O4. The quantitative estimate of drug-likeness (QED) is 0.443. The second-order valence-corrected chi connectivity index (χ2v) is 8.78. The van der Waals surface area contributed by atoms with Crippen molar-refractivity contribution in [1.29, 1.82) is 0 Å². The van der Waals surface area contributed by atoms with Crippen LogP contribution in [0.15, 0.2) is 51.6 Å². The van der Waals surface area contributed by atoms with Gasteiger partial charge in [-0.3, -0.25) is 9.69 Å². The molecule has 1 amide bonds. The third-order valence-electron chi connectivity index (χ3n) is 6.11. The molecule has 0 radical (unpaired) electrons. The number of carbonyl (C=O) groups is 1. The highest BCUT2D eigenvalue weighted by molar-refractivity contribution is 6.06. The zero-order valence-corrected chi connectivity index (χ0v) is 19.7. The highest BCUT2D eigenvalue weighted by Crippen LogP contribution is 2.28. The Morgan fingerprint density at radius 2 is 2.03 bits per heavy atom. The summed E-state index contributed by atoms with van der Waals surface area (Å²) in [7, 11) is 0. The van der Waals surface area contributed by atoms with Crippen LogP contribution in [0.3, 0.4) is 0 Å². The van der Waals surface area contributed by atoms with Crippen LogP contribution >= 0.6 is 0 Å². The first kappa shape index (κ1) is 22.4. The zero-order valence-electron chi connectivity index (χ0n) is 19.7. The van der Waals surface area contributed by atoms with Crippen LogP contribution in [0.4, 0.5) is 0 Å². The van der Waals surface area contributed by atoms with Crippen LogP contribution in [0.1, 0.15) is 47.8 Å². The number of nitrogens with one attached hydrogen (secondary N) is 1. The maximum atomic E-state index is 13.5. The number of hydrogen-bond donors (Lipinski definition) is 1. The summed E-state index contributed by atoms with van der Waals surface area (Å²) in [4.78, 5) is 20.5. The minimum Gasteiger partial charge on any atom is -0.465 e. The van der Waals surface area contributed by atoms with Crippen molar-refractivity contribution in [3.63, 3.8) is 0 Å². The number of amides is 1. The molecule has 5 rings (SSSR count). The van der Waals surface area contributed by atoms with E-state index < -0.39 is 0 Å². The predicted octanol–water partition coefficient (Wildman–Crippen LogP) is 3.98. The van der Waals surface area contributed by atoms with E-state index >= 15 is 0 Å². The molecule has 9 heteroatoms. The lowest BCUT2D eigenvalue weighted by atomic mass is 10.1. The average molecular weight is 464 g/mol. The van der Waals surface area contributed by atoms with Crippen LogP contribution in [-0.4, -0.2) is 58.4 Å². The lowest BCUT2D eigenvalue weighted by Gasteiger charge is -2.33. The fraction of sp³-hybridized carbons (Fsp3) is 0.400. The van der Waals surface area contributed by atoms with Gasteiger partial charge in [0.2, 0.25) is 0 Å². The Morgan fingerprint density at radius 1 is 1.21 bits per heavy atom. The van der Waals surface area contributed by atoms with E-state index in [4.69, 9.17) is 18.6 Å². The number of pyridine rings is 1. The third-order valence-corrected chi connectivity index (χ3v) is 6.11. The Bertz CT molecular complexity index is 1270. The second-order valence-electron chi connectivity index (χ2n) is 8.78. The van der Waals surface area contributed by atoms with Crippen molar-refractivity contribution in [3.8, 4) is 11.5 Å². The Hall–Kier alpha value is -3.43. The smallest absolute Gasteiger partial charge is 0.252 e. The number of carbonyl (C=O) groups excluding carboxylic acids is 1. The van der Waals surface area contributed by atoms with E-state index in [9.17, 15) is 4.79 Å². The van der Waals surface area contributed by atoms with Gasteiger partial charge in [0.25, 0.3) is 5.91 Å². The van der Waals surface area contributed by atoms with Gasteiger partial charge in [-0.2, -0.15) is 5.10 Å². The van der Waals surface area contributed by atoms with E-state index in [-0.39, 0.29) is 18.0 Å². The normalized spacial score (nSPS) is 15.8. The first-order chi connectivity index (χ1) is 16.5. The Labute approximate surface area is 197 Å². The van der Waals surface area contributed by atoms with Crippen LogP contribution < -0.4 is 5.32 Å². The highest BCUT2D eigenvalue weighted by atomic mass is 16.5. The summed E-state index contributed by atoms with van der Waals surface area (Å²) in [6, 6.07) is 9.35. The Balaban J connectivity index is 1.46. The third kappa shape index (κ3) is 4.36. The van der Waals surface area contributed by atoms with Gasteiger partial charge in [-0.25, -0.2) is 9.67 Å². The molecule has 1 aliphatic rings. The summed E-state index contributed by atoms with van der Waals surface area (Å²) in [5.74, 6) is 2.10. The molecule has 1 fully saturated rings. The molecule has 4 aromatic heterocycles. The Kier molecular flexibility index (Phi) is 6.21. The molecule has 0 bridgehead atoms. The lowest BCUT2D eigenvalue weighted by Crippen LogP contribution is -2.43. The molecular weight excluding hydrogens is 434 g/mol. The van der Waals surface area contributed by atoms with Crippen LogP contribution in [0.2, 0.25) is 0 Å². The van der Waals surface area contributed by atoms with Gasteiger partial charge in [0, 0.05) is 25.7 Å². The number of aryl methyl sites for hydroxylation is 1. The van der Waals surface area contributed by atoms with E-state index in [1.807, 2.05) is 43.7 Å². The van der Waals surface area contributed by atoms with E-state index in [1.54, 1.807) is 24.6 Å². The van der Waals surface area contributed by atoms with E-state index in [2.05, 4.69) is 15.3 Å². The summed E-state index contributed by atoms with van der Waals surface area (Å²) in [5, 5.41) is 8.32. The topological polar surface area (TPSA) is 98.6 Å². The second kappa shape index (κ2) is 9.44. The SMILES string of the molecule is Cc1ccc(C(CNC(=O)c2cc(-c3ccco3)nc3c2cnn3C(C)C)N2CCOCC2)o1. The first-order valence-corrected chi connectivity index (χ1v) is 11.6. The number of aromatic nitrogens is 3. The zero-order chi connectivity index (χ0) is 23.7. The molecule has 0 aromatic carbocycles. The minimum atomic E-state index is -0.190. The summed E-state index contributed by atoms with van der Waals surface area (Å²) >= 11 is 0. The number of furan rings is 2. The summed E-state index contributed by atoms with van der Waals surface area (Å²) in [6.45, 7) is 9.29. The van der Waals surface area contributed by atoms with Crippen LogP contribution in [0.5, 0.6) is 0 Å². The van der Waals surface area contributed by atoms with Crippen molar-refractivity contribution in [3.05, 3.63) is 59.9 Å². The van der Waals surface area contributed by atoms with E-state index in [0.717, 1.165) is 24.6 Å². The molecule has 4 aromatic rings. The van der Waals surface area contributed by atoms with Gasteiger partial charge in [-0.15, -0.1) is 0 Å². The van der Waals surface area contributed by atoms with Crippen molar-refractivity contribution >= 4 is 16.9 Å². The lowest BCUT2D eigenvalue weighted by molar-refractivity contribution is 0.0117. The van der Waals surface area contributed by atoms with Gasteiger partial charge in [-0.1, -0.05) is 0 Å². The van der Waals surface area contributed by atoms with Crippen molar-refractivity contribution in [1.82, 2.24) is 25.0 Å². The summed E-state index contributed by atoms with van der Waals surface area (Å²) < 4.78 is 18.8. The van der Waals surface area contributed by atoms with Gasteiger partial charge in [0.15, 0.2) is 11.4 Å². The molecule has 1 saturated heterocycles. The molecule has 1 atom stereocenters. The van der Waals surface area contributed by atoms with Gasteiger partial charge in [0.1, 0.15) is 17.2 Å². The molecule has 9 nitrogen and oxygen atoms in total. The maximum absolute atomic E-state index is 13.5. The van der Waals surface area contributed by atoms with Gasteiger partial charge >= 0.3 is 0 Å². The number of ether oxygens (including phenoxy) is 1. The monoisotopic (exact) mass is 463 g/mol. The number of hydrogen-bond acceptors (Lipinski definition) is 7. The van der Waals surface area contributed by atoms with E-state index in [0.29, 0.717) is 47.8 Å². The van der Waals surface area contributed by atoms with E-state index in [1.165, 1.54) is 0 Å². The molecule has 178 valence electrons. The predicted molar refractivity (Wildman–Crippen MR) is 127 cm³/mol. The molecule has 5 heterocycles. The van der Waals surface area contributed by atoms with Crippen LogP contribution in [0.25, 0.3) is 22.5 Å². The Morgan fingerprint density at radius 3 is 2.71 bits per heavy atom. The molecule has 0 aliphatic carbocycles. The van der Waals surface area contributed by atoms with Gasteiger partial charge < -0.3 is 18.9 Å². The molecule has 34 heavy (non-hydrogen) atoms. The standard InChI is InChI=1S/C25H29N5O4/c1-16(2)30-24-19(14-27-30)18(13-20(28-24)22-5-4-10-33-22)25(31)26-15-21(23-7-6-17(3)34-23)29-8-11-32-12-9-29/h4-7,10,13-14,16,21H,8-9,11-12,15H2,1-3H3,(H,26,31). The minimum absolute atomic E-state index is 0.0817. The number of morpholine rings is 1. The molecule has 1 aliphatic heterocycles. The van der Waals surface area contributed by atoms with Gasteiger partial charge in [-0.05, 0) is 51.1 Å². The van der Waals surface area contributed by atoms with Crippen molar-refractivity contribution in [2.24, 2.45) is 0 Å². The molecule has 0 spiro atoms. The van der Waals surface area contributed by atoms with Gasteiger partial charge in [0.05, 0.1) is 42.7 Å². The van der Waals surface area contributed by atoms with Crippen LogP contribution in [-0.2, 0) is 4.74 Å².